The fraction of sp³-hybridized carbons (Fsp3) is 0.133. The van der Waals surface area contributed by atoms with E-state index in [2.05, 4.69) is 20.8 Å². The van der Waals surface area contributed by atoms with Crippen LogP contribution in [0.15, 0.2) is 30.6 Å². The first-order valence-corrected chi connectivity index (χ1v) is 7.68. The van der Waals surface area contributed by atoms with Gasteiger partial charge in [-0.05, 0) is 12.1 Å². The van der Waals surface area contributed by atoms with Crippen LogP contribution in [0, 0.1) is 42.9 Å². The molecule has 1 heterocycles. The van der Waals surface area contributed by atoms with E-state index in [1.165, 1.54) is 12.1 Å². The maximum Gasteiger partial charge on any atom is 0.355 e. The van der Waals surface area contributed by atoms with Crippen molar-refractivity contribution >= 4 is 28.9 Å². The number of hydrogen-bond acceptors (Lipinski definition) is 11. The smallest absolute Gasteiger partial charge is 0.324 e. The number of nitrogens with one attached hydrogen (secondary N) is 2. The van der Waals surface area contributed by atoms with Crippen LogP contribution in [0.25, 0.3) is 0 Å². The van der Waals surface area contributed by atoms with Crippen molar-refractivity contribution in [3.8, 4) is 12.1 Å². The van der Waals surface area contributed by atoms with Crippen LogP contribution < -0.4 is 15.8 Å². The Kier molecular flexibility index (Phi) is 6.49. The highest BCUT2D eigenvalue weighted by Gasteiger charge is 2.27. The highest BCUT2D eigenvalue weighted by atomic mass is 16.6. The molecule has 1 aromatic heterocycles. The molecule has 0 fully saturated rings. The van der Waals surface area contributed by atoms with Gasteiger partial charge in [0.05, 0.1) is 22.0 Å². The molecule has 14 heteroatoms. The van der Waals surface area contributed by atoms with E-state index in [1.807, 2.05) is 0 Å². The van der Waals surface area contributed by atoms with Crippen molar-refractivity contribution in [1.82, 2.24) is 15.4 Å². The van der Waals surface area contributed by atoms with Crippen LogP contribution >= 0.6 is 0 Å². The lowest BCUT2D eigenvalue weighted by molar-refractivity contribution is -0.384. The summed E-state index contributed by atoms with van der Waals surface area (Å²) in [5.74, 6) is -1.39. The van der Waals surface area contributed by atoms with Crippen molar-refractivity contribution < 1.29 is 14.6 Å². The van der Waals surface area contributed by atoms with Crippen LogP contribution in [0.4, 0.5) is 23.0 Å². The molecule has 0 spiro atoms. The van der Waals surface area contributed by atoms with E-state index in [9.17, 15) is 25.0 Å². The normalized spacial score (nSPS) is 9.59. The van der Waals surface area contributed by atoms with Crippen LogP contribution in [-0.2, 0) is 0 Å². The molecular formula is C15H11N9O5. The topological polar surface area (TPSA) is 204 Å². The summed E-state index contributed by atoms with van der Waals surface area (Å²) in [7, 11) is 0. The Morgan fingerprint density at radius 3 is 2.21 bits per heavy atom. The Balaban J connectivity index is 2.26. The van der Waals surface area contributed by atoms with Crippen LogP contribution in [0.2, 0.25) is 0 Å². The van der Waals surface area contributed by atoms with Crippen molar-refractivity contribution in [2.45, 2.75) is 0 Å². The second-order valence-electron chi connectivity index (χ2n) is 5.21. The SMILES string of the molecule is N#CCN(CC#N)c1ncnc(NNC(=O)c2ccc([N+](=O)[O-])cc2)c1[N+](=O)[O-]. The predicted molar refractivity (Wildman–Crippen MR) is 96.3 cm³/mol. The summed E-state index contributed by atoms with van der Waals surface area (Å²) in [5, 5.41) is 39.8. The number of carbonyl (C=O) groups excluding carboxylic acids is 1. The predicted octanol–water partition coefficient (Wildman–Crippen LogP) is 0.903. The maximum absolute atomic E-state index is 12.2. The first-order chi connectivity index (χ1) is 13.9. The van der Waals surface area contributed by atoms with Crippen molar-refractivity contribution in [3.63, 3.8) is 0 Å². The second-order valence-corrected chi connectivity index (χ2v) is 5.21. The minimum absolute atomic E-state index is 0.0515. The summed E-state index contributed by atoms with van der Waals surface area (Å²) in [6, 6.07) is 8.21. The number of non-ortho nitro benzene ring substituents is 1. The molecule has 0 saturated carbocycles. The largest absolute Gasteiger partial charge is 0.355 e. The molecule has 146 valence electrons. The summed E-state index contributed by atoms with van der Waals surface area (Å²) < 4.78 is 0. The fourth-order valence-corrected chi connectivity index (χ4v) is 2.16. The third-order valence-corrected chi connectivity index (χ3v) is 3.44. The number of nitro groups is 2. The number of rotatable bonds is 8. The zero-order valence-corrected chi connectivity index (χ0v) is 14.5. The zero-order chi connectivity index (χ0) is 21.4. The van der Waals surface area contributed by atoms with Gasteiger partial charge < -0.3 is 4.90 Å². The average molecular weight is 397 g/mol. The van der Waals surface area contributed by atoms with Gasteiger partial charge >= 0.3 is 5.69 Å². The molecule has 2 rings (SSSR count). The Hall–Kier alpha value is -4.85. The van der Waals surface area contributed by atoms with E-state index >= 15 is 0 Å². The van der Waals surface area contributed by atoms with Gasteiger partial charge in [-0.3, -0.25) is 35.9 Å². The third kappa shape index (κ3) is 4.86. The van der Waals surface area contributed by atoms with E-state index < -0.39 is 21.4 Å². The van der Waals surface area contributed by atoms with E-state index in [-0.39, 0.29) is 36.0 Å². The van der Waals surface area contributed by atoms with E-state index in [4.69, 9.17) is 10.5 Å². The van der Waals surface area contributed by atoms with Gasteiger partial charge in [-0.25, -0.2) is 9.97 Å². The number of anilines is 2. The van der Waals surface area contributed by atoms with Gasteiger partial charge in [0.2, 0.25) is 11.6 Å². The number of hydrogen-bond donors (Lipinski definition) is 2. The molecule has 0 unspecified atom stereocenters. The number of nitrogens with zero attached hydrogens (tertiary/aromatic N) is 7. The molecule has 0 aliphatic rings. The van der Waals surface area contributed by atoms with Gasteiger partial charge in [0, 0.05) is 17.7 Å². The fourth-order valence-electron chi connectivity index (χ4n) is 2.16. The molecule has 0 bridgehead atoms. The summed E-state index contributed by atoms with van der Waals surface area (Å²) in [4.78, 5) is 41.4. The minimum atomic E-state index is -0.822. The number of nitriles is 2. The van der Waals surface area contributed by atoms with Crippen molar-refractivity contribution in [2.24, 2.45) is 0 Å². The molecule has 2 N–H and O–H groups in total. The molecule has 29 heavy (non-hydrogen) atoms. The molecule has 0 saturated heterocycles. The number of nitro benzene ring substituents is 1. The Morgan fingerprint density at radius 1 is 1.07 bits per heavy atom. The molecule has 1 amide bonds. The molecule has 1 aromatic carbocycles. The Bertz CT molecular complexity index is 1010. The number of carbonyl (C=O) groups is 1. The third-order valence-electron chi connectivity index (χ3n) is 3.44. The lowest BCUT2D eigenvalue weighted by Gasteiger charge is -2.17. The second kappa shape index (κ2) is 9.19. The van der Waals surface area contributed by atoms with Crippen LogP contribution in [-0.4, -0.2) is 38.8 Å². The molecule has 14 nitrogen and oxygen atoms in total. The lowest BCUT2D eigenvalue weighted by Crippen LogP contribution is -2.31. The number of aromatic nitrogens is 2. The maximum atomic E-state index is 12.2. The lowest BCUT2D eigenvalue weighted by atomic mass is 10.2. The number of amides is 1. The highest BCUT2D eigenvalue weighted by molar-refractivity contribution is 5.95. The number of benzene rings is 1. The van der Waals surface area contributed by atoms with E-state index in [0.717, 1.165) is 23.4 Å². The Labute approximate surface area is 162 Å². The first kappa shape index (κ1) is 20.5. The van der Waals surface area contributed by atoms with Crippen LogP contribution in [0.5, 0.6) is 0 Å². The van der Waals surface area contributed by atoms with Gasteiger partial charge in [-0.15, -0.1) is 0 Å². The van der Waals surface area contributed by atoms with Gasteiger partial charge in [0.1, 0.15) is 19.4 Å². The summed E-state index contributed by atoms with van der Waals surface area (Å²) >= 11 is 0. The number of hydrazine groups is 1. The molecular weight excluding hydrogens is 386 g/mol. The van der Waals surface area contributed by atoms with Crippen molar-refractivity contribution in [2.75, 3.05) is 23.4 Å². The summed E-state index contributed by atoms with van der Waals surface area (Å²) in [6.45, 7) is -0.667. The monoisotopic (exact) mass is 397 g/mol. The van der Waals surface area contributed by atoms with Gasteiger partial charge in [0.15, 0.2) is 0 Å². The Morgan fingerprint density at radius 2 is 1.69 bits per heavy atom. The van der Waals surface area contributed by atoms with Gasteiger partial charge in [0.25, 0.3) is 11.6 Å². The zero-order valence-electron chi connectivity index (χ0n) is 14.5. The molecule has 0 aliphatic heterocycles. The van der Waals surface area contributed by atoms with E-state index in [0.29, 0.717) is 0 Å². The molecule has 2 aromatic rings. The first-order valence-electron chi connectivity index (χ1n) is 7.68. The molecule has 0 aliphatic carbocycles. The minimum Gasteiger partial charge on any atom is -0.324 e. The van der Waals surface area contributed by atoms with Crippen molar-refractivity contribution in [1.29, 1.82) is 10.5 Å². The highest BCUT2D eigenvalue weighted by Crippen LogP contribution is 2.31. The average Bonchev–Trinajstić information content (AvgIpc) is 2.71. The van der Waals surface area contributed by atoms with Crippen LogP contribution in [0.1, 0.15) is 10.4 Å². The molecule has 0 radical (unpaired) electrons. The summed E-state index contributed by atoms with van der Waals surface area (Å²) in [5.41, 5.74) is 3.67. The van der Waals surface area contributed by atoms with Gasteiger partial charge in [-0.2, -0.15) is 10.5 Å². The quantitative estimate of drug-likeness (QED) is 0.363. The van der Waals surface area contributed by atoms with Crippen LogP contribution in [0.3, 0.4) is 0 Å². The van der Waals surface area contributed by atoms with Gasteiger partial charge in [-0.1, -0.05) is 0 Å². The standard InChI is InChI=1S/C15H11N9O5/c16-5-7-22(8-6-17)14-12(24(28)29)13(18-9-19-14)20-21-15(25)10-1-3-11(4-2-10)23(26)27/h1-4,9H,7-8H2,(H,21,25)(H,18,19,20). The van der Waals surface area contributed by atoms with Crippen molar-refractivity contribution in [3.05, 3.63) is 56.4 Å². The molecule has 0 atom stereocenters. The summed E-state index contributed by atoms with van der Waals surface area (Å²) in [6.07, 6.45) is 0.963. The van der Waals surface area contributed by atoms with E-state index in [1.54, 1.807) is 12.1 Å².